The number of benzene rings is 2. The zero-order valence-electron chi connectivity index (χ0n) is 13.7. The molecule has 0 spiro atoms. The minimum atomic E-state index is -0.294. The molecule has 0 amide bonds. The molecular weight excluding hydrogens is 374 g/mol. The second-order valence-electron chi connectivity index (χ2n) is 5.38. The number of aromatic nitrogens is 1. The van der Waals surface area contributed by atoms with Crippen LogP contribution in [0.2, 0.25) is 5.02 Å². The molecule has 2 N–H and O–H groups in total. The van der Waals surface area contributed by atoms with Crippen LogP contribution in [-0.2, 0) is 0 Å². The van der Waals surface area contributed by atoms with Crippen molar-refractivity contribution < 1.29 is 14.6 Å². The summed E-state index contributed by atoms with van der Waals surface area (Å²) in [4.78, 5) is 27.0. The molecule has 1 heterocycles. The highest BCUT2D eigenvalue weighted by molar-refractivity contribution is 7.07. The first kappa shape index (κ1) is 18.0. The predicted octanol–water partition coefficient (Wildman–Crippen LogP) is 2.30. The first-order valence-corrected chi connectivity index (χ1v) is 8.75. The summed E-state index contributed by atoms with van der Waals surface area (Å²) in [7, 11) is 1.45. The molecule has 7 heteroatoms. The number of phenols is 1. The van der Waals surface area contributed by atoms with Gasteiger partial charge < -0.3 is 14.8 Å². The summed E-state index contributed by atoms with van der Waals surface area (Å²) in [6.45, 7) is 0. The molecule has 0 unspecified atom stereocenters. The van der Waals surface area contributed by atoms with E-state index in [1.807, 2.05) is 0 Å². The minimum absolute atomic E-state index is 0.0207. The van der Waals surface area contributed by atoms with Crippen molar-refractivity contribution in [1.82, 2.24) is 4.98 Å². The smallest absolute Gasteiger partial charge is 0.266 e. The number of methoxy groups -OCH3 is 1. The quantitative estimate of drug-likeness (QED) is 0.673. The number of thiazole rings is 1. The van der Waals surface area contributed by atoms with Crippen molar-refractivity contribution >= 4 is 40.9 Å². The standard InChI is InChI=1S/C19H14ClNO4S/c1-25-16-8-11(2-7-14(16)22)9-17-19(24)21-18(26-17)10-15(23)12-3-5-13(20)6-4-12/h2-10,22H,1H3,(H,21,24)/b17-9-,18-10-. The maximum Gasteiger partial charge on any atom is 0.266 e. The molecule has 1 aromatic heterocycles. The monoisotopic (exact) mass is 387 g/mol. The Morgan fingerprint density at radius 1 is 1.23 bits per heavy atom. The molecule has 0 aliphatic heterocycles. The maximum atomic E-state index is 12.3. The topological polar surface area (TPSA) is 79.4 Å². The van der Waals surface area contributed by atoms with Crippen LogP contribution < -0.4 is 19.5 Å². The van der Waals surface area contributed by atoms with Gasteiger partial charge in [0.15, 0.2) is 17.3 Å². The van der Waals surface area contributed by atoms with Gasteiger partial charge in [-0.15, -0.1) is 11.3 Å². The van der Waals surface area contributed by atoms with Crippen molar-refractivity contribution in [2.45, 2.75) is 0 Å². The number of carbonyl (C=O) groups excluding carboxylic acids is 1. The number of hydrogen-bond donors (Lipinski definition) is 2. The van der Waals surface area contributed by atoms with Crippen LogP contribution in [0.5, 0.6) is 11.5 Å². The number of nitrogens with one attached hydrogen (secondary N) is 1. The van der Waals surface area contributed by atoms with Gasteiger partial charge in [-0.05, 0) is 48.0 Å². The fourth-order valence-electron chi connectivity index (χ4n) is 2.28. The van der Waals surface area contributed by atoms with Crippen molar-refractivity contribution in [2.24, 2.45) is 0 Å². The van der Waals surface area contributed by atoms with Gasteiger partial charge in [-0.1, -0.05) is 17.7 Å². The molecule has 5 nitrogen and oxygen atoms in total. The summed E-state index contributed by atoms with van der Waals surface area (Å²) in [5.74, 6) is 0.112. The summed E-state index contributed by atoms with van der Waals surface area (Å²) >= 11 is 6.98. The van der Waals surface area contributed by atoms with Crippen LogP contribution in [0.4, 0.5) is 0 Å². The molecule has 26 heavy (non-hydrogen) atoms. The molecule has 3 aromatic rings. The average molecular weight is 388 g/mol. The third kappa shape index (κ3) is 4.04. The highest BCUT2D eigenvalue weighted by atomic mass is 35.5. The van der Waals surface area contributed by atoms with E-state index in [4.69, 9.17) is 16.3 Å². The molecule has 0 aliphatic rings. The third-order valence-corrected chi connectivity index (χ3v) is 4.79. The molecule has 0 radical (unpaired) electrons. The normalized spacial score (nSPS) is 12.4. The van der Waals surface area contributed by atoms with E-state index in [-0.39, 0.29) is 17.1 Å². The zero-order valence-corrected chi connectivity index (χ0v) is 15.2. The molecule has 0 fully saturated rings. The fourth-order valence-corrected chi connectivity index (χ4v) is 3.29. The average Bonchev–Trinajstić information content (AvgIpc) is 2.96. The SMILES string of the molecule is COc1cc(/C=c2\s/c(=C\C(=O)c3ccc(Cl)cc3)[nH]c2=O)ccc1O. The number of halogens is 1. The summed E-state index contributed by atoms with van der Waals surface area (Å²) in [5, 5.41) is 10.2. The van der Waals surface area contributed by atoms with E-state index in [2.05, 4.69) is 4.98 Å². The number of phenolic OH excluding ortho intramolecular Hbond substituents is 1. The number of ether oxygens (including phenoxy) is 1. The van der Waals surface area contributed by atoms with Crippen molar-refractivity contribution in [3.05, 3.63) is 78.2 Å². The van der Waals surface area contributed by atoms with Crippen molar-refractivity contribution in [3.63, 3.8) is 0 Å². The van der Waals surface area contributed by atoms with Crippen LogP contribution in [0, 0.1) is 0 Å². The Balaban J connectivity index is 1.97. The predicted molar refractivity (Wildman–Crippen MR) is 103 cm³/mol. The number of hydrogen-bond acceptors (Lipinski definition) is 5. The fraction of sp³-hybridized carbons (Fsp3) is 0.0526. The van der Waals surface area contributed by atoms with Gasteiger partial charge in [0.05, 0.1) is 16.3 Å². The number of aromatic hydroxyl groups is 1. The first-order valence-electron chi connectivity index (χ1n) is 7.56. The lowest BCUT2D eigenvalue weighted by Gasteiger charge is -2.03. The van der Waals surface area contributed by atoms with Gasteiger partial charge in [0.2, 0.25) is 0 Å². The van der Waals surface area contributed by atoms with E-state index < -0.39 is 0 Å². The second-order valence-corrected chi connectivity index (χ2v) is 6.90. The van der Waals surface area contributed by atoms with Crippen LogP contribution >= 0.6 is 22.9 Å². The Kier molecular flexibility index (Phi) is 5.25. The maximum absolute atomic E-state index is 12.3. The van der Waals surface area contributed by atoms with E-state index >= 15 is 0 Å². The van der Waals surface area contributed by atoms with E-state index in [0.717, 1.165) is 0 Å². The van der Waals surface area contributed by atoms with E-state index in [9.17, 15) is 14.7 Å². The Bertz CT molecular complexity index is 1130. The Morgan fingerprint density at radius 3 is 2.65 bits per heavy atom. The number of rotatable bonds is 4. The highest BCUT2D eigenvalue weighted by Crippen LogP contribution is 2.26. The van der Waals surface area contributed by atoms with E-state index in [1.54, 1.807) is 42.5 Å². The second kappa shape index (κ2) is 7.59. The van der Waals surface area contributed by atoms with Crippen LogP contribution in [0.3, 0.4) is 0 Å². The minimum Gasteiger partial charge on any atom is -0.504 e. The van der Waals surface area contributed by atoms with E-state index in [1.165, 1.54) is 30.6 Å². The number of aromatic amines is 1. The molecule has 0 saturated heterocycles. The van der Waals surface area contributed by atoms with Crippen LogP contribution in [-0.4, -0.2) is 23.0 Å². The van der Waals surface area contributed by atoms with Gasteiger partial charge in [-0.25, -0.2) is 0 Å². The van der Waals surface area contributed by atoms with Gasteiger partial charge in [0.25, 0.3) is 5.56 Å². The lowest BCUT2D eigenvalue weighted by molar-refractivity contribution is 0.106. The van der Waals surface area contributed by atoms with Gasteiger partial charge >= 0.3 is 0 Å². The number of carbonyl (C=O) groups is 1. The summed E-state index contributed by atoms with van der Waals surface area (Å²) in [6.07, 6.45) is 3.04. The van der Waals surface area contributed by atoms with Gasteiger partial charge in [-0.3, -0.25) is 9.59 Å². The Morgan fingerprint density at radius 2 is 1.96 bits per heavy atom. The third-order valence-electron chi connectivity index (χ3n) is 3.57. The molecular formula is C19H14ClNO4S. The lowest BCUT2D eigenvalue weighted by atomic mass is 10.1. The summed E-state index contributed by atoms with van der Waals surface area (Å²) < 4.78 is 5.94. The first-order chi connectivity index (χ1) is 12.5. The number of H-pyrrole nitrogens is 1. The van der Waals surface area contributed by atoms with Crippen molar-refractivity contribution in [2.75, 3.05) is 7.11 Å². The van der Waals surface area contributed by atoms with Crippen LogP contribution in [0.25, 0.3) is 12.2 Å². The van der Waals surface area contributed by atoms with Gasteiger partial charge in [-0.2, -0.15) is 0 Å². The van der Waals surface area contributed by atoms with Crippen molar-refractivity contribution in [1.29, 1.82) is 0 Å². The molecule has 0 atom stereocenters. The van der Waals surface area contributed by atoms with Gasteiger partial charge in [0, 0.05) is 16.7 Å². The van der Waals surface area contributed by atoms with Gasteiger partial charge in [0.1, 0.15) is 0 Å². The Labute approximate surface area is 157 Å². The Hall–Kier alpha value is -2.83. The van der Waals surface area contributed by atoms with Crippen LogP contribution in [0.15, 0.2) is 47.3 Å². The number of Topliss-reactive ketones (excluding diaryl/α,β-unsaturated/α-hetero) is 1. The number of ketones is 1. The molecule has 3 rings (SSSR count). The van der Waals surface area contributed by atoms with Crippen LogP contribution in [0.1, 0.15) is 15.9 Å². The lowest BCUT2D eigenvalue weighted by Crippen LogP contribution is -2.20. The highest BCUT2D eigenvalue weighted by Gasteiger charge is 2.04. The molecule has 0 bridgehead atoms. The van der Waals surface area contributed by atoms with Crippen molar-refractivity contribution in [3.8, 4) is 11.5 Å². The molecule has 2 aromatic carbocycles. The van der Waals surface area contributed by atoms with E-state index in [0.29, 0.717) is 31.1 Å². The molecule has 0 aliphatic carbocycles. The molecule has 0 saturated carbocycles. The zero-order chi connectivity index (χ0) is 18.7. The molecule has 132 valence electrons. The largest absolute Gasteiger partial charge is 0.504 e. The summed E-state index contributed by atoms with van der Waals surface area (Å²) in [6, 6.07) is 11.3. The summed E-state index contributed by atoms with van der Waals surface area (Å²) in [5.41, 5.74) is 0.886.